The van der Waals surface area contributed by atoms with Crippen LogP contribution >= 0.6 is 0 Å². The van der Waals surface area contributed by atoms with Gasteiger partial charge in [-0.2, -0.15) is 0 Å². The molecule has 3 rings (SSSR count). The molecule has 2 N–H and O–H groups in total. The zero-order chi connectivity index (χ0) is 10.1. The number of aromatic nitrogens is 3. The smallest absolute Gasteiger partial charge is 0.177 e. The van der Waals surface area contributed by atoms with Crippen molar-refractivity contribution in [2.75, 3.05) is 13.1 Å². The summed E-state index contributed by atoms with van der Waals surface area (Å²) in [4.78, 5) is 12.1. The molecule has 0 saturated carbocycles. The minimum Gasteiger partial charge on any atom is -0.340 e. The largest absolute Gasteiger partial charge is 0.340 e. The fraction of sp³-hybridized carbons (Fsp3) is 0.455. The Kier molecular flexibility index (Phi) is 2.14. The molecule has 0 amide bonds. The highest BCUT2D eigenvalue weighted by Crippen LogP contribution is 2.22. The van der Waals surface area contributed by atoms with Crippen LogP contribution in [0.2, 0.25) is 0 Å². The lowest BCUT2D eigenvalue weighted by Crippen LogP contribution is -2.28. The van der Waals surface area contributed by atoms with Gasteiger partial charge in [0.25, 0.3) is 0 Å². The van der Waals surface area contributed by atoms with Crippen LogP contribution in [0.25, 0.3) is 11.2 Å². The van der Waals surface area contributed by atoms with Crippen molar-refractivity contribution in [2.45, 2.75) is 18.8 Å². The average Bonchev–Trinajstić information content (AvgIpc) is 2.74. The van der Waals surface area contributed by atoms with Gasteiger partial charge in [-0.3, -0.25) is 0 Å². The summed E-state index contributed by atoms with van der Waals surface area (Å²) >= 11 is 0. The van der Waals surface area contributed by atoms with Crippen LogP contribution in [-0.4, -0.2) is 28.0 Å². The van der Waals surface area contributed by atoms with E-state index in [1.807, 2.05) is 12.1 Å². The number of nitrogens with one attached hydrogen (secondary N) is 2. The SMILES string of the molecule is c1cnc2nc([C@H]3CCCNC3)[nH]c2c1. The predicted octanol–water partition coefficient (Wildman–Crippen LogP) is 1.42. The molecule has 0 aliphatic carbocycles. The summed E-state index contributed by atoms with van der Waals surface area (Å²) in [6.07, 6.45) is 4.23. The van der Waals surface area contributed by atoms with E-state index in [9.17, 15) is 0 Å². The molecule has 1 fully saturated rings. The van der Waals surface area contributed by atoms with E-state index in [0.29, 0.717) is 5.92 Å². The van der Waals surface area contributed by atoms with Crippen molar-refractivity contribution in [3.05, 3.63) is 24.2 Å². The van der Waals surface area contributed by atoms with Crippen molar-refractivity contribution in [3.63, 3.8) is 0 Å². The van der Waals surface area contributed by atoms with Gasteiger partial charge >= 0.3 is 0 Å². The molecule has 4 heteroatoms. The van der Waals surface area contributed by atoms with E-state index < -0.39 is 0 Å². The zero-order valence-electron chi connectivity index (χ0n) is 8.53. The molecule has 0 bridgehead atoms. The Morgan fingerprint density at radius 2 is 2.40 bits per heavy atom. The summed E-state index contributed by atoms with van der Waals surface area (Å²) in [5.41, 5.74) is 1.87. The van der Waals surface area contributed by atoms with Gasteiger partial charge in [0, 0.05) is 18.7 Å². The number of pyridine rings is 1. The van der Waals surface area contributed by atoms with Gasteiger partial charge in [0.1, 0.15) is 5.82 Å². The van der Waals surface area contributed by atoms with Crippen LogP contribution in [0.3, 0.4) is 0 Å². The Morgan fingerprint density at radius 1 is 1.40 bits per heavy atom. The molecule has 1 aliphatic rings. The van der Waals surface area contributed by atoms with Crippen LogP contribution in [0, 0.1) is 0 Å². The van der Waals surface area contributed by atoms with Crippen LogP contribution in [0.1, 0.15) is 24.6 Å². The van der Waals surface area contributed by atoms with Crippen molar-refractivity contribution < 1.29 is 0 Å². The summed E-state index contributed by atoms with van der Waals surface area (Å²) in [6, 6.07) is 3.96. The van der Waals surface area contributed by atoms with Crippen molar-refractivity contribution in [1.82, 2.24) is 20.3 Å². The van der Waals surface area contributed by atoms with Crippen LogP contribution in [-0.2, 0) is 0 Å². The number of H-pyrrole nitrogens is 1. The van der Waals surface area contributed by atoms with Gasteiger partial charge in [-0.05, 0) is 31.5 Å². The first-order valence-corrected chi connectivity index (χ1v) is 5.45. The van der Waals surface area contributed by atoms with Crippen molar-refractivity contribution in [3.8, 4) is 0 Å². The second-order valence-electron chi connectivity index (χ2n) is 4.04. The van der Waals surface area contributed by atoms with Crippen LogP contribution in [0.4, 0.5) is 0 Å². The zero-order valence-corrected chi connectivity index (χ0v) is 8.53. The first-order chi connectivity index (χ1) is 7.43. The van der Waals surface area contributed by atoms with Crippen LogP contribution in [0.15, 0.2) is 18.3 Å². The standard InChI is InChI=1S/C11H14N4/c1-3-8(7-12-5-1)10-14-9-4-2-6-13-11(9)15-10/h2,4,6,8,12H,1,3,5,7H2,(H,13,14,15)/t8-/m0/s1. The van der Waals surface area contributed by atoms with Crippen LogP contribution in [0.5, 0.6) is 0 Å². The third-order valence-corrected chi connectivity index (χ3v) is 2.96. The lowest BCUT2D eigenvalue weighted by atomic mass is 9.99. The molecule has 3 heterocycles. The number of hydrogen-bond acceptors (Lipinski definition) is 3. The van der Waals surface area contributed by atoms with Crippen molar-refractivity contribution in [1.29, 1.82) is 0 Å². The normalized spacial score (nSPS) is 22.0. The summed E-state index contributed by atoms with van der Waals surface area (Å²) in [7, 11) is 0. The number of imidazole rings is 1. The summed E-state index contributed by atoms with van der Waals surface area (Å²) in [5, 5.41) is 3.40. The molecule has 0 radical (unpaired) electrons. The Labute approximate surface area is 88.1 Å². The summed E-state index contributed by atoms with van der Waals surface area (Å²) in [6.45, 7) is 2.16. The third kappa shape index (κ3) is 1.61. The van der Waals surface area contributed by atoms with E-state index in [4.69, 9.17) is 0 Å². The van der Waals surface area contributed by atoms with Crippen molar-refractivity contribution in [2.24, 2.45) is 0 Å². The second kappa shape index (κ2) is 3.62. The maximum atomic E-state index is 4.53. The molecule has 1 atom stereocenters. The van der Waals surface area contributed by atoms with E-state index >= 15 is 0 Å². The molecule has 0 spiro atoms. The van der Waals surface area contributed by atoms with E-state index in [2.05, 4.69) is 20.3 Å². The highest BCUT2D eigenvalue weighted by molar-refractivity contribution is 5.70. The maximum Gasteiger partial charge on any atom is 0.177 e. The fourth-order valence-corrected chi connectivity index (χ4v) is 2.14. The Balaban J connectivity index is 1.96. The average molecular weight is 202 g/mol. The van der Waals surface area contributed by atoms with E-state index in [0.717, 1.165) is 30.1 Å². The Hall–Kier alpha value is -1.42. The number of nitrogens with zero attached hydrogens (tertiary/aromatic N) is 2. The monoisotopic (exact) mass is 202 g/mol. The lowest BCUT2D eigenvalue weighted by Gasteiger charge is -2.20. The highest BCUT2D eigenvalue weighted by atomic mass is 15.0. The van der Waals surface area contributed by atoms with Gasteiger partial charge in [-0.1, -0.05) is 0 Å². The van der Waals surface area contributed by atoms with Gasteiger partial charge < -0.3 is 10.3 Å². The van der Waals surface area contributed by atoms with Crippen LogP contribution < -0.4 is 5.32 Å². The molecule has 2 aromatic heterocycles. The topological polar surface area (TPSA) is 53.6 Å². The van der Waals surface area contributed by atoms with Gasteiger partial charge in [-0.15, -0.1) is 0 Å². The molecule has 1 aliphatic heterocycles. The number of aromatic amines is 1. The summed E-state index contributed by atoms with van der Waals surface area (Å²) in [5.74, 6) is 1.60. The lowest BCUT2D eigenvalue weighted by molar-refractivity contribution is 0.449. The fourth-order valence-electron chi connectivity index (χ4n) is 2.14. The molecule has 0 aromatic carbocycles. The Bertz CT molecular complexity index is 423. The minimum absolute atomic E-state index is 0.521. The van der Waals surface area contributed by atoms with Crippen molar-refractivity contribution >= 4 is 11.2 Å². The molecular formula is C11H14N4. The van der Waals surface area contributed by atoms with Gasteiger partial charge in [0.05, 0.1) is 5.52 Å². The van der Waals surface area contributed by atoms with E-state index in [1.165, 1.54) is 12.8 Å². The molecule has 15 heavy (non-hydrogen) atoms. The number of fused-ring (bicyclic) bond motifs is 1. The van der Waals surface area contributed by atoms with E-state index in [-0.39, 0.29) is 0 Å². The minimum atomic E-state index is 0.521. The molecule has 2 aromatic rings. The quantitative estimate of drug-likeness (QED) is 0.735. The number of hydrogen-bond donors (Lipinski definition) is 2. The highest BCUT2D eigenvalue weighted by Gasteiger charge is 2.18. The Morgan fingerprint density at radius 3 is 3.20 bits per heavy atom. The molecule has 78 valence electrons. The first-order valence-electron chi connectivity index (χ1n) is 5.45. The second-order valence-corrected chi connectivity index (χ2v) is 4.04. The first kappa shape index (κ1) is 8.85. The summed E-state index contributed by atoms with van der Waals surface area (Å²) < 4.78 is 0. The number of piperidine rings is 1. The maximum absolute atomic E-state index is 4.53. The number of rotatable bonds is 1. The van der Waals surface area contributed by atoms with Gasteiger partial charge in [-0.25, -0.2) is 9.97 Å². The van der Waals surface area contributed by atoms with Gasteiger partial charge in [0.15, 0.2) is 5.65 Å². The predicted molar refractivity (Wildman–Crippen MR) is 58.7 cm³/mol. The third-order valence-electron chi connectivity index (χ3n) is 2.96. The van der Waals surface area contributed by atoms with E-state index in [1.54, 1.807) is 6.20 Å². The molecular weight excluding hydrogens is 188 g/mol. The molecule has 1 saturated heterocycles. The molecule has 0 unspecified atom stereocenters. The van der Waals surface area contributed by atoms with Gasteiger partial charge in [0.2, 0.25) is 0 Å². The molecule has 4 nitrogen and oxygen atoms in total.